The lowest BCUT2D eigenvalue weighted by Crippen LogP contribution is -2.51. The number of carbonyl (C=O) groups excluding carboxylic acids is 1. The van der Waals surface area contributed by atoms with Gasteiger partial charge in [-0.3, -0.25) is 4.79 Å². The van der Waals surface area contributed by atoms with Crippen molar-refractivity contribution in [1.82, 2.24) is 19.7 Å². The number of hydrogen-bond donors (Lipinski definition) is 1. The molecule has 21 heavy (non-hydrogen) atoms. The molecular weight excluding hydrogens is 268 g/mol. The number of nitrogens with zero attached hydrogens (tertiary/aromatic N) is 4. The van der Waals surface area contributed by atoms with Gasteiger partial charge < -0.3 is 14.6 Å². The Morgan fingerprint density at radius 2 is 2.10 bits per heavy atom. The molecule has 1 amide bonds. The number of hydrogen-bond acceptors (Lipinski definition) is 4. The summed E-state index contributed by atoms with van der Waals surface area (Å²) in [6.45, 7) is 6.37. The van der Waals surface area contributed by atoms with Crippen LogP contribution in [0.5, 0.6) is 0 Å². The van der Waals surface area contributed by atoms with E-state index in [1.54, 1.807) is 13.3 Å². The molecule has 0 bridgehead atoms. The Bertz CT molecular complexity index is 509. The number of aromatic nitrogens is 3. The van der Waals surface area contributed by atoms with E-state index in [9.17, 15) is 9.90 Å². The van der Waals surface area contributed by atoms with Gasteiger partial charge >= 0.3 is 0 Å². The monoisotopic (exact) mass is 292 g/mol. The smallest absolute Gasteiger partial charge is 0.225 e. The van der Waals surface area contributed by atoms with Crippen molar-refractivity contribution in [3.63, 3.8) is 0 Å². The van der Waals surface area contributed by atoms with Gasteiger partial charge in [0, 0.05) is 31.5 Å². The Hall–Kier alpha value is -1.43. The number of aryl methyl sites for hydroxylation is 1. The highest BCUT2D eigenvalue weighted by atomic mass is 16.3. The van der Waals surface area contributed by atoms with Crippen molar-refractivity contribution >= 4 is 5.91 Å². The third-order valence-corrected chi connectivity index (χ3v) is 4.88. The normalized spacial score (nSPS) is 30.2. The van der Waals surface area contributed by atoms with E-state index in [1.807, 2.05) is 4.90 Å². The van der Waals surface area contributed by atoms with E-state index in [2.05, 4.69) is 21.7 Å². The summed E-state index contributed by atoms with van der Waals surface area (Å²) < 4.78 is 2.09. The molecule has 2 fully saturated rings. The number of likely N-dealkylation sites (tertiary alicyclic amines) is 1. The summed E-state index contributed by atoms with van der Waals surface area (Å²) in [6, 6.07) is 0. The van der Waals surface area contributed by atoms with Gasteiger partial charge in [0.25, 0.3) is 0 Å². The van der Waals surface area contributed by atoms with E-state index in [0.29, 0.717) is 18.8 Å². The molecule has 6 heteroatoms. The first kappa shape index (κ1) is 14.5. The molecule has 1 aliphatic heterocycles. The lowest BCUT2D eigenvalue weighted by Gasteiger charge is -2.43. The molecule has 0 radical (unpaired) electrons. The molecular formula is C15H24N4O2. The molecule has 0 atom stereocenters. The zero-order chi connectivity index (χ0) is 15.0. The molecule has 1 aromatic rings. The van der Waals surface area contributed by atoms with Gasteiger partial charge in [0.2, 0.25) is 5.91 Å². The van der Waals surface area contributed by atoms with E-state index < -0.39 is 5.60 Å². The molecule has 0 aromatic carbocycles. The van der Waals surface area contributed by atoms with Crippen LogP contribution in [0, 0.1) is 5.92 Å². The second-order valence-corrected chi connectivity index (χ2v) is 6.68. The van der Waals surface area contributed by atoms with Gasteiger partial charge in [-0.05, 0) is 39.5 Å². The van der Waals surface area contributed by atoms with Crippen LogP contribution in [-0.2, 0) is 11.3 Å². The number of carbonyl (C=O) groups is 1. The standard InChI is InChI=1S/C15H24N4O2/c1-3-18-10-16-17-13(18)11-4-6-19(7-5-11)14(20)12-8-15(2,21)9-12/h10-12,21H,3-9H2,1-2H3. The lowest BCUT2D eigenvalue weighted by molar-refractivity contribution is -0.150. The van der Waals surface area contributed by atoms with Crippen molar-refractivity contribution in [2.75, 3.05) is 13.1 Å². The Kier molecular flexibility index (Phi) is 3.73. The maximum Gasteiger partial charge on any atom is 0.225 e. The summed E-state index contributed by atoms with van der Waals surface area (Å²) in [5, 5.41) is 18.0. The molecule has 2 heterocycles. The first-order valence-corrected chi connectivity index (χ1v) is 7.89. The van der Waals surface area contributed by atoms with Crippen LogP contribution in [0.15, 0.2) is 6.33 Å². The zero-order valence-electron chi connectivity index (χ0n) is 12.8. The van der Waals surface area contributed by atoms with Crippen LogP contribution in [0.25, 0.3) is 0 Å². The summed E-state index contributed by atoms with van der Waals surface area (Å²) in [5.41, 5.74) is -0.629. The molecule has 0 spiro atoms. The predicted molar refractivity (Wildman–Crippen MR) is 77.6 cm³/mol. The van der Waals surface area contributed by atoms with Crippen LogP contribution in [0.1, 0.15) is 51.3 Å². The van der Waals surface area contributed by atoms with E-state index in [-0.39, 0.29) is 11.8 Å². The topological polar surface area (TPSA) is 71.2 Å². The molecule has 2 aliphatic rings. The fourth-order valence-electron chi connectivity index (χ4n) is 3.62. The van der Waals surface area contributed by atoms with Crippen molar-refractivity contribution in [3.8, 4) is 0 Å². The van der Waals surface area contributed by atoms with Gasteiger partial charge in [-0.15, -0.1) is 10.2 Å². The van der Waals surface area contributed by atoms with Crippen LogP contribution in [0.3, 0.4) is 0 Å². The predicted octanol–water partition coefficient (Wildman–Crippen LogP) is 1.16. The quantitative estimate of drug-likeness (QED) is 0.907. The Morgan fingerprint density at radius 3 is 2.67 bits per heavy atom. The van der Waals surface area contributed by atoms with Gasteiger partial charge in [0.15, 0.2) is 0 Å². The molecule has 1 saturated carbocycles. The van der Waals surface area contributed by atoms with Gasteiger partial charge in [-0.2, -0.15) is 0 Å². The van der Waals surface area contributed by atoms with Crippen LogP contribution < -0.4 is 0 Å². The molecule has 1 aliphatic carbocycles. The molecule has 0 unspecified atom stereocenters. The van der Waals surface area contributed by atoms with Crippen LogP contribution in [0.4, 0.5) is 0 Å². The van der Waals surface area contributed by atoms with E-state index >= 15 is 0 Å². The fraction of sp³-hybridized carbons (Fsp3) is 0.800. The van der Waals surface area contributed by atoms with Crippen molar-refractivity contribution in [2.24, 2.45) is 5.92 Å². The Morgan fingerprint density at radius 1 is 1.43 bits per heavy atom. The van der Waals surface area contributed by atoms with Crippen molar-refractivity contribution in [3.05, 3.63) is 12.2 Å². The number of amides is 1. The minimum atomic E-state index is -0.629. The van der Waals surface area contributed by atoms with Crippen LogP contribution >= 0.6 is 0 Å². The number of piperidine rings is 1. The summed E-state index contributed by atoms with van der Waals surface area (Å²) in [6.07, 6.45) is 4.90. The summed E-state index contributed by atoms with van der Waals surface area (Å²) in [7, 11) is 0. The van der Waals surface area contributed by atoms with Crippen molar-refractivity contribution in [1.29, 1.82) is 0 Å². The number of rotatable bonds is 3. The maximum atomic E-state index is 12.4. The van der Waals surface area contributed by atoms with Crippen molar-refractivity contribution in [2.45, 2.75) is 57.6 Å². The molecule has 116 valence electrons. The minimum Gasteiger partial charge on any atom is -0.390 e. The molecule has 6 nitrogen and oxygen atoms in total. The average molecular weight is 292 g/mol. The maximum absolute atomic E-state index is 12.4. The zero-order valence-corrected chi connectivity index (χ0v) is 12.8. The molecule has 1 aromatic heterocycles. The summed E-state index contributed by atoms with van der Waals surface area (Å²) >= 11 is 0. The van der Waals surface area contributed by atoms with Crippen LogP contribution in [-0.4, -0.2) is 49.4 Å². The third kappa shape index (κ3) is 2.81. The highest BCUT2D eigenvalue weighted by Gasteiger charge is 2.44. The second-order valence-electron chi connectivity index (χ2n) is 6.68. The molecule has 1 N–H and O–H groups in total. The van der Waals surface area contributed by atoms with Gasteiger partial charge in [0.1, 0.15) is 12.2 Å². The summed E-state index contributed by atoms with van der Waals surface area (Å²) in [4.78, 5) is 14.3. The SMILES string of the molecule is CCn1cnnc1C1CCN(C(=O)C2CC(C)(O)C2)CC1. The molecule has 3 rings (SSSR count). The van der Waals surface area contributed by atoms with Crippen molar-refractivity contribution < 1.29 is 9.90 Å². The molecule has 1 saturated heterocycles. The third-order valence-electron chi connectivity index (χ3n) is 4.88. The highest BCUT2D eigenvalue weighted by molar-refractivity contribution is 5.80. The number of aliphatic hydroxyl groups is 1. The summed E-state index contributed by atoms with van der Waals surface area (Å²) in [5.74, 6) is 1.70. The van der Waals surface area contributed by atoms with E-state index in [0.717, 1.165) is 38.3 Å². The van der Waals surface area contributed by atoms with Gasteiger partial charge in [-0.25, -0.2) is 0 Å². The minimum absolute atomic E-state index is 0.0239. The van der Waals surface area contributed by atoms with Gasteiger partial charge in [0.05, 0.1) is 5.60 Å². The van der Waals surface area contributed by atoms with E-state index in [4.69, 9.17) is 0 Å². The second kappa shape index (κ2) is 5.40. The Labute approximate surface area is 125 Å². The van der Waals surface area contributed by atoms with Gasteiger partial charge in [-0.1, -0.05) is 0 Å². The fourth-order valence-corrected chi connectivity index (χ4v) is 3.62. The first-order valence-electron chi connectivity index (χ1n) is 7.89. The first-order chi connectivity index (χ1) is 10.00. The Balaban J connectivity index is 1.55. The largest absolute Gasteiger partial charge is 0.390 e. The average Bonchev–Trinajstić information content (AvgIpc) is 2.92. The highest BCUT2D eigenvalue weighted by Crippen LogP contribution is 2.39. The van der Waals surface area contributed by atoms with E-state index in [1.165, 1.54) is 0 Å². The van der Waals surface area contributed by atoms with Crippen LogP contribution in [0.2, 0.25) is 0 Å². The lowest BCUT2D eigenvalue weighted by atomic mass is 9.71.